The summed E-state index contributed by atoms with van der Waals surface area (Å²) in [4.78, 5) is 30.3. The maximum Gasteiger partial charge on any atom is 0.196 e. The van der Waals surface area contributed by atoms with Crippen LogP contribution in [0.1, 0.15) is 64.4 Å². The van der Waals surface area contributed by atoms with Gasteiger partial charge in [0, 0.05) is 11.3 Å². The highest BCUT2D eigenvalue weighted by molar-refractivity contribution is 6.05. The lowest BCUT2D eigenvalue weighted by Crippen LogP contribution is -2.44. The first-order valence-electron chi connectivity index (χ1n) is 9.90. The van der Waals surface area contributed by atoms with Crippen molar-refractivity contribution in [2.45, 2.75) is 53.0 Å². The molecule has 0 aliphatic carbocycles. The van der Waals surface area contributed by atoms with Crippen molar-refractivity contribution in [2.24, 2.45) is 5.92 Å². The van der Waals surface area contributed by atoms with Crippen LogP contribution in [0.25, 0.3) is 0 Å². The van der Waals surface area contributed by atoms with Crippen LogP contribution in [0.4, 0.5) is 0 Å². The predicted octanol–water partition coefficient (Wildman–Crippen LogP) is 4.36. The first-order valence-corrected chi connectivity index (χ1v) is 9.90. The van der Waals surface area contributed by atoms with Crippen LogP contribution in [0.3, 0.4) is 0 Å². The highest BCUT2D eigenvalue weighted by Crippen LogP contribution is 2.25. The number of H-pyrrole nitrogens is 1. The van der Waals surface area contributed by atoms with Crippen molar-refractivity contribution in [2.75, 3.05) is 13.1 Å². The smallest absolute Gasteiger partial charge is 0.196 e. The fourth-order valence-electron chi connectivity index (χ4n) is 4.39. The molecule has 144 valence electrons. The lowest BCUT2D eigenvalue weighted by Gasteiger charge is -2.35. The van der Waals surface area contributed by atoms with Crippen LogP contribution in [-0.4, -0.2) is 40.6 Å². The number of hydrogen-bond donors (Lipinski definition) is 1. The zero-order chi connectivity index (χ0) is 19.6. The van der Waals surface area contributed by atoms with E-state index in [0.717, 1.165) is 43.6 Å². The lowest BCUT2D eigenvalue weighted by atomic mass is 9.89. The second kappa shape index (κ2) is 8.22. The largest absolute Gasteiger partial charge is 0.355 e. The molecule has 0 radical (unpaired) electrons. The maximum absolute atomic E-state index is 13.0. The fourth-order valence-corrected chi connectivity index (χ4v) is 4.39. The zero-order valence-corrected chi connectivity index (χ0v) is 16.8. The number of carbonyl (C=O) groups is 2. The summed E-state index contributed by atoms with van der Waals surface area (Å²) in [7, 11) is 0. The number of piperidine rings is 1. The monoisotopic (exact) mass is 366 g/mol. The number of carbonyl (C=O) groups excluding carboxylic acids is 2. The Morgan fingerprint density at radius 1 is 1.15 bits per heavy atom. The van der Waals surface area contributed by atoms with Gasteiger partial charge in [-0.2, -0.15) is 0 Å². The van der Waals surface area contributed by atoms with Crippen LogP contribution < -0.4 is 0 Å². The van der Waals surface area contributed by atoms with Gasteiger partial charge in [0.2, 0.25) is 0 Å². The summed E-state index contributed by atoms with van der Waals surface area (Å²) < 4.78 is 0. The van der Waals surface area contributed by atoms with Crippen molar-refractivity contribution < 1.29 is 9.59 Å². The fraction of sp³-hybridized carbons (Fsp3) is 0.478. The highest BCUT2D eigenvalue weighted by atomic mass is 16.1. The summed E-state index contributed by atoms with van der Waals surface area (Å²) >= 11 is 0. The maximum atomic E-state index is 13.0. The second-order valence-corrected chi connectivity index (χ2v) is 7.89. The van der Waals surface area contributed by atoms with Crippen molar-refractivity contribution in [1.29, 1.82) is 0 Å². The third-order valence-electron chi connectivity index (χ3n) is 5.98. The Morgan fingerprint density at radius 2 is 1.78 bits per heavy atom. The molecule has 0 saturated carbocycles. The van der Waals surface area contributed by atoms with Gasteiger partial charge >= 0.3 is 0 Å². The summed E-state index contributed by atoms with van der Waals surface area (Å²) in [5.41, 5.74) is 4.23. The van der Waals surface area contributed by atoms with E-state index < -0.39 is 0 Å². The lowest BCUT2D eigenvalue weighted by molar-refractivity contribution is 0.0766. The molecule has 0 spiro atoms. The van der Waals surface area contributed by atoms with E-state index in [1.165, 1.54) is 5.56 Å². The molecule has 0 unspecified atom stereocenters. The highest BCUT2D eigenvalue weighted by Gasteiger charge is 2.30. The molecule has 4 heteroatoms. The number of likely N-dealkylation sites (tertiary alicyclic amines) is 1. The molecule has 0 bridgehead atoms. The summed E-state index contributed by atoms with van der Waals surface area (Å²) in [5, 5.41) is 0. The molecule has 2 heterocycles. The van der Waals surface area contributed by atoms with Gasteiger partial charge in [-0.25, -0.2) is 0 Å². The number of nitrogens with zero attached hydrogens (tertiary/aromatic N) is 1. The number of hydrogen-bond acceptors (Lipinski definition) is 3. The quantitative estimate of drug-likeness (QED) is 0.773. The molecule has 1 aliphatic rings. The van der Waals surface area contributed by atoms with E-state index in [9.17, 15) is 9.59 Å². The van der Waals surface area contributed by atoms with Gasteiger partial charge in [-0.1, -0.05) is 30.3 Å². The van der Waals surface area contributed by atoms with Crippen LogP contribution in [-0.2, 0) is 6.42 Å². The Morgan fingerprint density at radius 3 is 2.33 bits per heavy atom. The van der Waals surface area contributed by atoms with Gasteiger partial charge in [-0.15, -0.1) is 0 Å². The molecule has 27 heavy (non-hydrogen) atoms. The molecular formula is C23H30N2O2. The van der Waals surface area contributed by atoms with Gasteiger partial charge in [0.05, 0.1) is 11.7 Å². The van der Waals surface area contributed by atoms with Crippen LogP contribution in [0.5, 0.6) is 0 Å². The molecule has 3 rings (SSSR count). The van der Waals surface area contributed by atoms with Crippen molar-refractivity contribution >= 4 is 11.6 Å². The van der Waals surface area contributed by atoms with E-state index in [-0.39, 0.29) is 17.6 Å². The van der Waals surface area contributed by atoms with Gasteiger partial charge in [0.15, 0.2) is 11.6 Å². The normalized spacial score (nSPS) is 17.0. The van der Waals surface area contributed by atoms with Crippen molar-refractivity contribution in [3.05, 3.63) is 58.4 Å². The van der Waals surface area contributed by atoms with Crippen LogP contribution in [0.2, 0.25) is 0 Å². The molecule has 4 nitrogen and oxygen atoms in total. The van der Waals surface area contributed by atoms with E-state index >= 15 is 0 Å². The molecule has 1 fully saturated rings. The Bertz CT molecular complexity index is 814. The molecule has 2 aromatic rings. The standard InChI is InChI=1S/C23H30N2O2/c1-15-21(18(4)26)16(2)24-22(15)23(27)17(3)25-12-10-20(11-13-25)14-19-8-6-5-7-9-19/h5-9,17,20,24H,10-14H2,1-4H3/t17-/m0/s1. The average Bonchev–Trinajstić information content (AvgIpc) is 2.96. The van der Waals surface area contributed by atoms with Gasteiger partial charge in [-0.3, -0.25) is 14.5 Å². The Hall–Kier alpha value is -2.20. The van der Waals surface area contributed by atoms with Crippen molar-refractivity contribution in [1.82, 2.24) is 9.88 Å². The van der Waals surface area contributed by atoms with Gasteiger partial charge in [-0.05, 0) is 77.1 Å². The molecule has 1 aromatic carbocycles. The Labute approximate surface area is 162 Å². The SMILES string of the molecule is CC(=O)c1c(C)[nH]c(C(=O)[C@H](C)N2CCC(Cc3ccccc3)CC2)c1C. The minimum Gasteiger partial charge on any atom is -0.355 e. The van der Waals surface area contributed by atoms with Crippen molar-refractivity contribution in [3.63, 3.8) is 0 Å². The number of nitrogens with one attached hydrogen (secondary N) is 1. The number of Topliss-reactive ketones (excluding diaryl/α,β-unsaturated/α-hetero) is 2. The molecule has 1 N–H and O–H groups in total. The number of aryl methyl sites for hydroxylation is 1. The molecule has 1 saturated heterocycles. The third kappa shape index (κ3) is 4.22. The van der Waals surface area contributed by atoms with Crippen LogP contribution in [0, 0.1) is 19.8 Å². The van der Waals surface area contributed by atoms with E-state index in [2.05, 4.69) is 40.2 Å². The van der Waals surface area contributed by atoms with Gasteiger partial charge < -0.3 is 4.98 Å². The first-order chi connectivity index (χ1) is 12.9. The van der Waals surface area contributed by atoms with E-state index in [4.69, 9.17) is 0 Å². The molecule has 1 aliphatic heterocycles. The summed E-state index contributed by atoms with van der Waals surface area (Å²) in [6.07, 6.45) is 3.36. The zero-order valence-electron chi connectivity index (χ0n) is 16.8. The van der Waals surface area contributed by atoms with Gasteiger partial charge in [0.25, 0.3) is 0 Å². The Balaban J connectivity index is 1.62. The number of aromatic nitrogens is 1. The number of benzene rings is 1. The number of ketones is 2. The molecular weight excluding hydrogens is 336 g/mol. The Kier molecular flexibility index (Phi) is 5.95. The molecule has 0 amide bonds. The molecule has 1 aromatic heterocycles. The first kappa shape index (κ1) is 19.6. The molecule has 1 atom stereocenters. The number of aromatic amines is 1. The van der Waals surface area contributed by atoms with E-state index in [0.29, 0.717) is 17.2 Å². The van der Waals surface area contributed by atoms with E-state index in [1.807, 2.05) is 20.8 Å². The summed E-state index contributed by atoms with van der Waals surface area (Å²) in [5.74, 6) is 0.782. The average molecular weight is 367 g/mol. The minimum atomic E-state index is -0.167. The minimum absolute atomic E-state index is 0.00896. The second-order valence-electron chi connectivity index (χ2n) is 7.89. The van der Waals surface area contributed by atoms with E-state index in [1.54, 1.807) is 6.92 Å². The number of rotatable bonds is 6. The summed E-state index contributed by atoms with van der Waals surface area (Å²) in [6.45, 7) is 9.17. The summed E-state index contributed by atoms with van der Waals surface area (Å²) in [6, 6.07) is 10.5. The van der Waals surface area contributed by atoms with Crippen LogP contribution in [0.15, 0.2) is 30.3 Å². The van der Waals surface area contributed by atoms with Crippen molar-refractivity contribution in [3.8, 4) is 0 Å². The van der Waals surface area contributed by atoms with Crippen LogP contribution >= 0.6 is 0 Å². The topological polar surface area (TPSA) is 53.2 Å². The van der Waals surface area contributed by atoms with Gasteiger partial charge in [0.1, 0.15) is 0 Å². The predicted molar refractivity (Wildman–Crippen MR) is 109 cm³/mol. The third-order valence-corrected chi connectivity index (χ3v) is 5.98.